The van der Waals surface area contributed by atoms with Crippen molar-refractivity contribution in [1.82, 2.24) is 9.78 Å². The highest BCUT2D eigenvalue weighted by Gasteiger charge is 2.15. The Hall–Kier alpha value is -1.40. The molecule has 18 heavy (non-hydrogen) atoms. The molecular formula is C12H13BrFN3O. The molecule has 2 rings (SSSR count). The first kappa shape index (κ1) is 13.0. The highest BCUT2D eigenvalue weighted by molar-refractivity contribution is 9.10. The third-order valence-electron chi connectivity index (χ3n) is 2.67. The van der Waals surface area contributed by atoms with E-state index in [2.05, 4.69) is 21.0 Å². The summed E-state index contributed by atoms with van der Waals surface area (Å²) in [4.78, 5) is 0. The van der Waals surface area contributed by atoms with E-state index in [-0.39, 0.29) is 5.82 Å². The van der Waals surface area contributed by atoms with Crippen LogP contribution in [0.15, 0.2) is 22.8 Å². The second kappa shape index (κ2) is 5.07. The molecule has 1 heterocycles. The molecule has 0 saturated heterocycles. The lowest BCUT2D eigenvalue weighted by Crippen LogP contribution is -1.99. The Balaban J connectivity index is 2.59. The van der Waals surface area contributed by atoms with Gasteiger partial charge in [0.2, 0.25) is 0 Å². The van der Waals surface area contributed by atoms with Crippen molar-refractivity contribution in [2.45, 2.75) is 6.61 Å². The molecule has 96 valence electrons. The van der Waals surface area contributed by atoms with Crippen LogP contribution in [0.3, 0.4) is 0 Å². The molecule has 0 unspecified atom stereocenters. The van der Waals surface area contributed by atoms with Gasteiger partial charge in [-0.1, -0.05) is 0 Å². The van der Waals surface area contributed by atoms with Gasteiger partial charge < -0.3 is 10.5 Å². The molecule has 2 aromatic rings. The van der Waals surface area contributed by atoms with E-state index in [4.69, 9.17) is 10.5 Å². The standard InChI is InChI=1S/C12H13BrFN3O/c1-17-12(15)9(5-16-17)8-3-7(6-18-2)4-10(13)11(8)14/h3-5H,6,15H2,1-2H3. The van der Waals surface area contributed by atoms with Crippen LogP contribution in [0.1, 0.15) is 5.56 Å². The zero-order valence-electron chi connectivity index (χ0n) is 10.1. The van der Waals surface area contributed by atoms with Crippen LogP contribution in [-0.4, -0.2) is 16.9 Å². The van der Waals surface area contributed by atoms with Crippen LogP contribution in [-0.2, 0) is 18.4 Å². The molecule has 0 aliphatic rings. The fraction of sp³-hybridized carbons (Fsp3) is 0.250. The maximum atomic E-state index is 14.1. The van der Waals surface area contributed by atoms with Crippen LogP contribution < -0.4 is 5.73 Å². The third kappa shape index (κ3) is 2.26. The van der Waals surface area contributed by atoms with Gasteiger partial charge >= 0.3 is 0 Å². The minimum Gasteiger partial charge on any atom is -0.383 e. The van der Waals surface area contributed by atoms with Gasteiger partial charge in [-0.15, -0.1) is 0 Å². The zero-order valence-corrected chi connectivity index (χ0v) is 11.7. The predicted octanol–water partition coefficient (Wildman–Crippen LogP) is 2.72. The van der Waals surface area contributed by atoms with Crippen LogP contribution in [0.4, 0.5) is 10.2 Å². The predicted molar refractivity (Wildman–Crippen MR) is 71.4 cm³/mol. The van der Waals surface area contributed by atoms with E-state index in [9.17, 15) is 4.39 Å². The Morgan fingerprint density at radius 2 is 2.17 bits per heavy atom. The van der Waals surface area contributed by atoms with Gasteiger partial charge in [0.05, 0.1) is 17.3 Å². The van der Waals surface area contributed by atoms with Crippen molar-refractivity contribution in [3.05, 3.63) is 34.2 Å². The minimum absolute atomic E-state index is 0.352. The second-order valence-corrected chi connectivity index (χ2v) is 4.79. The number of hydrogen-bond acceptors (Lipinski definition) is 3. The Morgan fingerprint density at radius 1 is 1.44 bits per heavy atom. The van der Waals surface area contributed by atoms with Crippen molar-refractivity contribution in [3.63, 3.8) is 0 Å². The molecule has 0 spiro atoms. The Kier molecular flexibility index (Phi) is 3.68. The number of hydrogen-bond donors (Lipinski definition) is 1. The summed E-state index contributed by atoms with van der Waals surface area (Å²) in [5, 5.41) is 4.02. The number of rotatable bonds is 3. The lowest BCUT2D eigenvalue weighted by Gasteiger charge is -2.08. The van der Waals surface area contributed by atoms with Crippen molar-refractivity contribution in [2.24, 2.45) is 7.05 Å². The number of ether oxygens (including phenoxy) is 1. The number of aryl methyl sites for hydroxylation is 1. The van der Waals surface area contributed by atoms with Crippen molar-refractivity contribution in [2.75, 3.05) is 12.8 Å². The van der Waals surface area contributed by atoms with Gasteiger partial charge in [0.25, 0.3) is 0 Å². The van der Waals surface area contributed by atoms with Gasteiger partial charge in [-0.05, 0) is 33.6 Å². The van der Waals surface area contributed by atoms with Crippen LogP contribution in [0.5, 0.6) is 0 Å². The summed E-state index contributed by atoms with van der Waals surface area (Å²) in [6.07, 6.45) is 1.55. The largest absolute Gasteiger partial charge is 0.383 e. The molecule has 2 N–H and O–H groups in total. The molecule has 1 aromatic heterocycles. The minimum atomic E-state index is -0.352. The first-order chi connectivity index (χ1) is 8.54. The highest BCUT2D eigenvalue weighted by atomic mass is 79.9. The average Bonchev–Trinajstić information content (AvgIpc) is 2.65. The van der Waals surface area contributed by atoms with E-state index in [0.29, 0.717) is 28.0 Å². The van der Waals surface area contributed by atoms with E-state index >= 15 is 0 Å². The summed E-state index contributed by atoms with van der Waals surface area (Å²) in [6, 6.07) is 3.41. The van der Waals surface area contributed by atoms with Crippen molar-refractivity contribution in [3.8, 4) is 11.1 Å². The number of benzene rings is 1. The van der Waals surface area contributed by atoms with Gasteiger partial charge in [0, 0.05) is 25.3 Å². The van der Waals surface area contributed by atoms with E-state index in [0.717, 1.165) is 5.56 Å². The Morgan fingerprint density at radius 3 is 2.72 bits per heavy atom. The highest BCUT2D eigenvalue weighted by Crippen LogP contribution is 2.32. The number of anilines is 1. The topological polar surface area (TPSA) is 53.1 Å². The van der Waals surface area contributed by atoms with Gasteiger partial charge in [-0.2, -0.15) is 5.10 Å². The van der Waals surface area contributed by atoms with Crippen molar-refractivity contribution in [1.29, 1.82) is 0 Å². The van der Waals surface area contributed by atoms with E-state index in [1.165, 1.54) is 4.68 Å². The molecule has 0 amide bonds. The van der Waals surface area contributed by atoms with Crippen LogP contribution in [0.25, 0.3) is 11.1 Å². The van der Waals surface area contributed by atoms with Crippen LogP contribution >= 0.6 is 15.9 Å². The molecule has 0 radical (unpaired) electrons. The molecule has 4 nitrogen and oxygen atoms in total. The molecular weight excluding hydrogens is 301 g/mol. The second-order valence-electron chi connectivity index (χ2n) is 3.94. The molecule has 1 aromatic carbocycles. The smallest absolute Gasteiger partial charge is 0.145 e. The van der Waals surface area contributed by atoms with Crippen molar-refractivity contribution < 1.29 is 9.13 Å². The van der Waals surface area contributed by atoms with E-state index in [1.807, 2.05) is 0 Å². The quantitative estimate of drug-likeness (QED) is 0.948. The average molecular weight is 314 g/mol. The summed E-state index contributed by atoms with van der Waals surface area (Å²) in [5.41, 5.74) is 7.73. The number of aromatic nitrogens is 2. The van der Waals surface area contributed by atoms with Crippen LogP contribution in [0, 0.1) is 5.82 Å². The molecule has 0 fully saturated rings. The molecule has 6 heteroatoms. The van der Waals surface area contributed by atoms with E-state index in [1.54, 1.807) is 32.5 Å². The summed E-state index contributed by atoms with van der Waals surface area (Å²) in [7, 11) is 3.31. The van der Waals surface area contributed by atoms with Gasteiger partial charge in [-0.25, -0.2) is 4.39 Å². The lowest BCUT2D eigenvalue weighted by molar-refractivity contribution is 0.185. The van der Waals surface area contributed by atoms with E-state index < -0.39 is 0 Å². The summed E-state index contributed by atoms with van der Waals surface area (Å²) >= 11 is 3.20. The summed E-state index contributed by atoms with van der Waals surface area (Å²) < 4.78 is 21.1. The number of methoxy groups -OCH3 is 1. The first-order valence-corrected chi connectivity index (χ1v) is 6.08. The lowest BCUT2D eigenvalue weighted by atomic mass is 10.0. The molecule has 0 bridgehead atoms. The van der Waals surface area contributed by atoms with Gasteiger partial charge in [0.1, 0.15) is 11.6 Å². The number of nitrogens with zero attached hydrogens (tertiary/aromatic N) is 2. The first-order valence-electron chi connectivity index (χ1n) is 5.29. The maximum absolute atomic E-state index is 14.1. The normalized spacial score (nSPS) is 10.9. The SMILES string of the molecule is COCc1cc(Br)c(F)c(-c2cnn(C)c2N)c1. The monoisotopic (exact) mass is 313 g/mol. The van der Waals surface area contributed by atoms with Gasteiger partial charge in [0.15, 0.2) is 0 Å². The Labute approximate surface area is 113 Å². The van der Waals surface area contributed by atoms with Crippen molar-refractivity contribution >= 4 is 21.7 Å². The summed E-state index contributed by atoms with van der Waals surface area (Å²) in [5.74, 6) is 0.0740. The third-order valence-corrected chi connectivity index (χ3v) is 3.25. The van der Waals surface area contributed by atoms with Gasteiger partial charge in [-0.3, -0.25) is 4.68 Å². The fourth-order valence-corrected chi connectivity index (χ4v) is 2.25. The number of halogens is 2. The molecule has 0 saturated carbocycles. The maximum Gasteiger partial charge on any atom is 0.145 e. The number of nitrogens with two attached hydrogens (primary N) is 1. The fourth-order valence-electron chi connectivity index (χ4n) is 1.75. The Bertz CT molecular complexity index is 583. The molecule has 0 aliphatic heterocycles. The summed E-state index contributed by atoms with van der Waals surface area (Å²) in [6.45, 7) is 0.409. The zero-order chi connectivity index (χ0) is 13.3. The molecule has 0 aliphatic carbocycles. The van der Waals surface area contributed by atoms with Crippen LogP contribution in [0.2, 0.25) is 0 Å². The number of nitrogen functional groups attached to an aromatic ring is 1. The molecule has 0 atom stereocenters.